The second-order valence-electron chi connectivity index (χ2n) is 4.40. The zero-order valence-corrected chi connectivity index (χ0v) is 11.9. The Hall–Kier alpha value is -2.14. The summed E-state index contributed by atoms with van der Waals surface area (Å²) in [6.45, 7) is 1.94. The van der Waals surface area contributed by atoms with E-state index in [9.17, 15) is 14.7 Å². The van der Waals surface area contributed by atoms with Crippen molar-refractivity contribution in [3.8, 4) is 5.75 Å². The van der Waals surface area contributed by atoms with Crippen LogP contribution in [0.25, 0.3) is 0 Å². The molecule has 1 heterocycles. The van der Waals surface area contributed by atoms with E-state index in [0.717, 1.165) is 4.88 Å². The van der Waals surface area contributed by atoms with E-state index in [-0.39, 0.29) is 30.3 Å². The molecule has 1 aromatic carbocycles. The molecule has 0 bridgehead atoms. The lowest BCUT2D eigenvalue weighted by Crippen LogP contribution is -2.13. The van der Waals surface area contributed by atoms with Crippen LogP contribution < -0.4 is 5.32 Å². The summed E-state index contributed by atoms with van der Waals surface area (Å²) in [6, 6.07) is 10.2. The monoisotopic (exact) mass is 289 g/mol. The standard InChI is InChI=1S/C15H15NO3S/c1-10-6-8-14(20-10)13(18)7-9-15(19)16-11-4-2-3-5-12(11)17/h2-6,8,17H,7,9H2,1H3,(H,16,19). The Morgan fingerprint density at radius 1 is 1.15 bits per heavy atom. The van der Waals surface area contributed by atoms with Crippen LogP contribution in [-0.4, -0.2) is 16.8 Å². The first-order valence-corrected chi connectivity index (χ1v) is 7.05. The summed E-state index contributed by atoms with van der Waals surface area (Å²) < 4.78 is 0. The van der Waals surface area contributed by atoms with Crippen molar-refractivity contribution < 1.29 is 14.7 Å². The van der Waals surface area contributed by atoms with Crippen molar-refractivity contribution in [1.29, 1.82) is 0 Å². The third kappa shape index (κ3) is 3.68. The Morgan fingerprint density at radius 2 is 1.90 bits per heavy atom. The summed E-state index contributed by atoms with van der Waals surface area (Å²) in [5.74, 6) is -0.301. The molecule has 4 nitrogen and oxygen atoms in total. The molecule has 0 spiro atoms. The van der Waals surface area contributed by atoms with Gasteiger partial charge in [-0.1, -0.05) is 12.1 Å². The quantitative estimate of drug-likeness (QED) is 0.655. The fourth-order valence-corrected chi connectivity index (χ4v) is 2.56. The number of aromatic hydroxyl groups is 1. The minimum absolute atomic E-state index is 0.0149. The molecule has 104 valence electrons. The molecule has 1 amide bonds. The van der Waals surface area contributed by atoms with Gasteiger partial charge in [-0.15, -0.1) is 11.3 Å². The van der Waals surface area contributed by atoms with Crippen LogP contribution >= 0.6 is 11.3 Å². The summed E-state index contributed by atoms with van der Waals surface area (Å²) in [5, 5.41) is 12.1. The molecule has 0 unspecified atom stereocenters. The molecule has 0 saturated heterocycles. The first kappa shape index (κ1) is 14.3. The number of phenolic OH excluding ortho intramolecular Hbond substituents is 1. The second kappa shape index (κ2) is 6.34. The first-order chi connectivity index (χ1) is 9.56. The van der Waals surface area contributed by atoms with Gasteiger partial charge in [0.15, 0.2) is 5.78 Å². The Morgan fingerprint density at radius 3 is 2.55 bits per heavy atom. The lowest BCUT2D eigenvalue weighted by Gasteiger charge is -2.06. The van der Waals surface area contributed by atoms with E-state index >= 15 is 0 Å². The third-order valence-corrected chi connectivity index (χ3v) is 3.81. The van der Waals surface area contributed by atoms with Gasteiger partial charge in [0, 0.05) is 17.7 Å². The summed E-state index contributed by atoms with van der Waals surface area (Å²) in [5.41, 5.74) is 0.358. The van der Waals surface area contributed by atoms with Gasteiger partial charge in [0.2, 0.25) is 5.91 Å². The van der Waals surface area contributed by atoms with Crippen LogP contribution in [0, 0.1) is 6.92 Å². The second-order valence-corrected chi connectivity index (χ2v) is 5.69. The minimum atomic E-state index is -0.284. The highest BCUT2D eigenvalue weighted by Gasteiger charge is 2.12. The summed E-state index contributed by atoms with van der Waals surface area (Å²) in [7, 11) is 0. The Balaban J connectivity index is 1.87. The number of hydrogen-bond acceptors (Lipinski definition) is 4. The fraction of sp³-hybridized carbons (Fsp3) is 0.200. The van der Waals surface area contributed by atoms with Crippen LogP contribution in [0.5, 0.6) is 5.75 Å². The zero-order valence-electron chi connectivity index (χ0n) is 11.1. The van der Waals surface area contributed by atoms with Gasteiger partial charge in [-0.3, -0.25) is 9.59 Å². The maximum atomic E-state index is 11.9. The predicted molar refractivity (Wildman–Crippen MR) is 79.4 cm³/mol. The number of anilines is 1. The molecule has 0 radical (unpaired) electrons. The molecule has 0 atom stereocenters. The van der Waals surface area contributed by atoms with Gasteiger partial charge < -0.3 is 10.4 Å². The lowest BCUT2D eigenvalue weighted by atomic mass is 10.2. The number of phenols is 1. The van der Waals surface area contributed by atoms with Gasteiger partial charge in [-0.2, -0.15) is 0 Å². The van der Waals surface area contributed by atoms with Crippen LogP contribution in [0.3, 0.4) is 0 Å². The number of rotatable bonds is 5. The van der Waals surface area contributed by atoms with Crippen LogP contribution in [0.4, 0.5) is 5.69 Å². The van der Waals surface area contributed by atoms with Gasteiger partial charge in [0.25, 0.3) is 0 Å². The van der Waals surface area contributed by atoms with Crippen molar-refractivity contribution in [2.75, 3.05) is 5.32 Å². The highest BCUT2D eigenvalue weighted by atomic mass is 32.1. The molecule has 0 aliphatic carbocycles. The van der Waals surface area contributed by atoms with Crippen molar-refractivity contribution >= 4 is 28.7 Å². The third-order valence-electron chi connectivity index (χ3n) is 2.77. The van der Waals surface area contributed by atoms with Crippen molar-refractivity contribution in [3.63, 3.8) is 0 Å². The molecule has 0 saturated carbocycles. The smallest absolute Gasteiger partial charge is 0.224 e. The van der Waals surface area contributed by atoms with Gasteiger partial charge in [-0.05, 0) is 31.2 Å². The van der Waals surface area contributed by atoms with Gasteiger partial charge in [-0.25, -0.2) is 0 Å². The number of carbonyl (C=O) groups excluding carboxylic acids is 2. The van der Waals surface area contributed by atoms with E-state index in [1.165, 1.54) is 17.4 Å². The van der Waals surface area contributed by atoms with Gasteiger partial charge in [0.05, 0.1) is 10.6 Å². The number of amides is 1. The number of Topliss-reactive ketones (excluding diaryl/α,β-unsaturated/α-hetero) is 1. The maximum Gasteiger partial charge on any atom is 0.224 e. The number of benzene rings is 1. The van der Waals surface area contributed by atoms with Crippen molar-refractivity contribution in [1.82, 2.24) is 0 Å². The Labute approximate surface area is 121 Å². The Kier molecular flexibility index (Phi) is 4.53. The topological polar surface area (TPSA) is 66.4 Å². The van der Waals surface area contributed by atoms with Crippen molar-refractivity contribution in [2.24, 2.45) is 0 Å². The average molecular weight is 289 g/mol. The molecular weight excluding hydrogens is 274 g/mol. The molecule has 0 fully saturated rings. The van der Waals surface area contributed by atoms with E-state index in [4.69, 9.17) is 0 Å². The van der Waals surface area contributed by atoms with Crippen molar-refractivity contribution in [3.05, 3.63) is 46.2 Å². The number of nitrogens with one attached hydrogen (secondary N) is 1. The predicted octanol–water partition coefficient (Wildman–Crippen LogP) is 3.36. The summed E-state index contributed by atoms with van der Waals surface area (Å²) >= 11 is 1.43. The number of thiophene rings is 1. The highest BCUT2D eigenvalue weighted by molar-refractivity contribution is 7.14. The maximum absolute atomic E-state index is 11.9. The average Bonchev–Trinajstić information content (AvgIpc) is 2.85. The van der Waals surface area contributed by atoms with E-state index in [0.29, 0.717) is 10.6 Å². The molecule has 0 aliphatic rings. The molecule has 2 rings (SSSR count). The zero-order chi connectivity index (χ0) is 14.5. The molecule has 2 aromatic rings. The fourth-order valence-electron chi connectivity index (χ4n) is 1.73. The molecule has 5 heteroatoms. The highest BCUT2D eigenvalue weighted by Crippen LogP contribution is 2.22. The van der Waals surface area contributed by atoms with E-state index in [2.05, 4.69) is 5.32 Å². The molecular formula is C15H15NO3S. The van der Waals surface area contributed by atoms with E-state index in [1.807, 2.05) is 13.0 Å². The number of para-hydroxylation sites is 2. The molecule has 1 aromatic heterocycles. The number of ketones is 1. The van der Waals surface area contributed by atoms with Crippen LogP contribution in [0.2, 0.25) is 0 Å². The largest absolute Gasteiger partial charge is 0.506 e. The van der Waals surface area contributed by atoms with Crippen molar-refractivity contribution in [2.45, 2.75) is 19.8 Å². The number of hydrogen-bond donors (Lipinski definition) is 2. The SMILES string of the molecule is Cc1ccc(C(=O)CCC(=O)Nc2ccccc2O)s1. The van der Waals surface area contributed by atoms with E-state index in [1.54, 1.807) is 24.3 Å². The minimum Gasteiger partial charge on any atom is -0.506 e. The van der Waals surface area contributed by atoms with Gasteiger partial charge in [0.1, 0.15) is 5.75 Å². The summed E-state index contributed by atoms with van der Waals surface area (Å²) in [6.07, 6.45) is 0.267. The molecule has 2 N–H and O–H groups in total. The van der Waals surface area contributed by atoms with Crippen LogP contribution in [-0.2, 0) is 4.79 Å². The normalized spacial score (nSPS) is 10.2. The van der Waals surface area contributed by atoms with Crippen LogP contribution in [0.15, 0.2) is 36.4 Å². The summed E-state index contributed by atoms with van der Waals surface area (Å²) in [4.78, 5) is 25.4. The lowest BCUT2D eigenvalue weighted by molar-refractivity contribution is -0.116. The van der Waals surface area contributed by atoms with Crippen LogP contribution in [0.1, 0.15) is 27.4 Å². The first-order valence-electron chi connectivity index (χ1n) is 6.24. The molecule has 0 aliphatic heterocycles. The number of carbonyl (C=O) groups is 2. The number of aryl methyl sites for hydroxylation is 1. The van der Waals surface area contributed by atoms with E-state index < -0.39 is 0 Å². The van der Waals surface area contributed by atoms with Gasteiger partial charge >= 0.3 is 0 Å². The Bertz CT molecular complexity index is 634. The molecule has 20 heavy (non-hydrogen) atoms.